The van der Waals surface area contributed by atoms with Gasteiger partial charge in [0.05, 0.1) is 29.9 Å². The predicted octanol–water partition coefficient (Wildman–Crippen LogP) is 4.97. The summed E-state index contributed by atoms with van der Waals surface area (Å²) in [7, 11) is -0.530. The van der Waals surface area contributed by atoms with E-state index in [4.69, 9.17) is 14.1 Å². The first-order valence-corrected chi connectivity index (χ1v) is 15.8. The molecule has 2 aliphatic heterocycles. The molecule has 0 radical (unpaired) electrons. The fourth-order valence-corrected chi connectivity index (χ4v) is 7.85. The van der Waals surface area contributed by atoms with Crippen LogP contribution in [0.1, 0.15) is 76.2 Å². The van der Waals surface area contributed by atoms with Crippen LogP contribution in [0.2, 0.25) is 0 Å². The van der Waals surface area contributed by atoms with Crippen molar-refractivity contribution >= 4 is 24.6 Å². The van der Waals surface area contributed by atoms with E-state index in [1.54, 1.807) is 12.1 Å². The summed E-state index contributed by atoms with van der Waals surface area (Å²) >= 11 is 0. The number of nitrogens with zero attached hydrogens (tertiary/aromatic N) is 1. The Labute approximate surface area is 255 Å². The molecule has 6 atom stereocenters. The van der Waals surface area contributed by atoms with Crippen molar-refractivity contribution in [2.75, 3.05) is 6.54 Å². The first-order valence-electron chi connectivity index (χ1n) is 15.8. The van der Waals surface area contributed by atoms with Gasteiger partial charge in [0.2, 0.25) is 5.60 Å². The van der Waals surface area contributed by atoms with Crippen molar-refractivity contribution in [1.82, 2.24) is 10.6 Å². The van der Waals surface area contributed by atoms with E-state index in [0.717, 1.165) is 12.0 Å². The molecule has 2 N–H and O–H groups in total. The number of amides is 2. The summed E-state index contributed by atoms with van der Waals surface area (Å²) in [4.78, 5) is 33.0. The SMILES string of the molecule is CC(C)C[C@H](NC(=O)C1(Cc2ccccc2)CC(CNC(=O)c2ccccc2)=NO1)B1O[C@@H]2C[C@@H]3C[C@@H](C3(C)C)[C@]2(C)O1. The molecule has 2 amide bonds. The second-order valence-corrected chi connectivity index (χ2v) is 14.2. The van der Waals surface area contributed by atoms with Gasteiger partial charge in [-0.2, -0.15) is 0 Å². The van der Waals surface area contributed by atoms with Crippen LogP contribution in [0.5, 0.6) is 0 Å². The highest BCUT2D eigenvalue weighted by atomic mass is 16.7. The number of oxime groups is 1. The molecule has 43 heavy (non-hydrogen) atoms. The third-order valence-corrected chi connectivity index (χ3v) is 10.4. The molecule has 5 aliphatic rings. The van der Waals surface area contributed by atoms with Crippen LogP contribution >= 0.6 is 0 Å². The zero-order valence-electron chi connectivity index (χ0n) is 26.0. The van der Waals surface area contributed by atoms with Crippen LogP contribution in [0.4, 0.5) is 0 Å². The van der Waals surface area contributed by atoms with Crippen molar-refractivity contribution < 1.29 is 23.7 Å². The minimum atomic E-state index is -1.25. The molecule has 3 aliphatic carbocycles. The van der Waals surface area contributed by atoms with Gasteiger partial charge in [0.25, 0.3) is 11.8 Å². The number of rotatable bonds is 10. The number of carbonyl (C=O) groups is 2. The zero-order chi connectivity index (χ0) is 30.4. The molecule has 3 saturated carbocycles. The largest absolute Gasteiger partial charge is 0.481 e. The van der Waals surface area contributed by atoms with E-state index >= 15 is 0 Å². The van der Waals surface area contributed by atoms with Crippen molar-refractivity contribution in [3.63, 3.8) is 0 Å². The number of carbonyl (C=O) groups excluding carboxylic acids is 2. The van der Waals surface area contributed by atoms with Crippen molar-refractivity contribution in [1.29, 1.82) is 0 Å². The lowest BCUT2D eigenvalue weighted by Crippen LogP contribution is -2.65. The quantitative estimate of drug-likeness (QED) is 0.384. The van der Waals surface area contributed by atoms with Crippen molar-refractivity contribution in [2.45, 2.75) is 90.0 Å². The highest BCUT2D eigenvalue weighted by molar-refractivity contribution is 6.48. The summed E-state index contributed by atoms with van der Waals surface area (Å²) in [6, 6.07) is 18.9. The Bertz CT molecular complexity index is 1370. The molecule has 2 heterocycles. The monoisotopic (exact) mass is 585 g/mol. The maximum atomic E-state index is 14.3. The first-order chi connectivity index (χ1) is 20.5. The van der Waals surface area contributed by atoms with Crippen LogP contribution in [0.3, 0.4) is 0 Å². The number of hydrogen-bond acceptors (Lipinski definition) is 6. The van der Waals surface area contributed by atoms with Gasteiger partial charge in [-0.3, -0.25) is 9.59 Å². The molecule has 2 bridgehead atoms. The summed E-state index contributed by atoms with van der Waals surface area (Å²) < 4.78 is 13.4. The van der Waals surface area contributed by atoms with Gasteiger partial charge in [-0.15, -0.1) is 0 Å². The van der Waals surface area contributed by atoms with E-state index < -0.39 is 12.7 Å². The molecular weight excluding hydrogens is 541 g/mol. The number of hydrogen-bond donors (Lipinski definition) is 2. The van der Waals surface area contributed by atoms with E-state index in [-0.39, 0.29) is 47.8 Å². The maximum absolute atomic E-state index is 14.3. The zero-order valence-corrected chi connectivity index (χ0v) is 26.0. The van der Waals surface area contributed by atoms with Gasteiger partial charge in [0, 0.05) is 18.4 Å². The number of nitrogens with one attached hydrogen (secondary N) is 2. The lowest BCUT2D eigenvalue weighted by molar-refractivity contribution is -0.199. The summed E-state index contributed by atoms with van der Waals surface area (Å²) in [6.45, 7) is 11.4. The van der Waals surface area contributed by atoms with Gasteiger partial charge in [0.15, 0.2) is 0 Å². The summed E-state index contributed by atoms with van der Waals surface area (Å²) in [5.74, 6) is 0.619. The molecule has 2 aromatic carbocycles. The Balaban J connectivity index is 1.18. The third kappa shape index (κ3) is 5.62. The van der Waals surface area contributed by atoms with Gasteiger partial charge in [-0.25, -0.2) is 0 Å². The van der Waals surface area contributed by atoms with Crippen molar-refractivity contribution in [2.24, 2.45) is 28.3 Å². The van der Waals surface area contributed by atoms with Gasteiger partial charge in [0.1, 0.15) is 0 Å². The van der Waals surface area contributed by atoms with Crippen LogP contribution in [-0.4, -0.2) is 54.4 Å². The van der Waals surface area contributed by atoms with Crippen molar-refractivity contribution in [3.8, 4) is 0 Å². The number of benzene rings is 2. The highest BCUT2D eigenvalue weighted by Crippen LogP contribution is 2.65. The van der Waals surface area contributed by atoms with Gasteiger partial charge < -0.3 is 24.8 Å². The molecular formula is C34H44BN3O5. The Kier molecular flexibility index (Phi) is 7.92. The smallest absolute Gasteiger partial charge is 0.404 e. The molecule has 8 nitrogen and oxygen atoms in total. The first kappa shape index (κ1) is 29.9. The minimum Gasteiger partial charge on any atom is -0.404 e. The lowest BCUT2D eigenvalue weighted by Gasteiger charge is -2.64. The molecule has 4 fully saturated rings. The summed E-state index contributed by atoms with van der Waals surface area (Å²) in [5.41, 5.74) is 0.783. The van der Waals surface area contributed by atoms with E-state index in [9.17, 15) is 9.59 Å². The van der Waals surface area contributed by atoms with Gasteiger partial charge in [-0.1, -0.05) is 81.4 Å². The van der Waals surface area contributed by atoms with E-state index in [2.05, 4.69) is 50.4 Å². The molecule has 1 saturated heterocycles. The summed E-state index contributed by atoms with van der Waals surface area (Å²) in [6.07, 6.45) is 3.52. The van der Waals surface area contributed by atoms with Gasteiger partial charge >= 0.3 is 7.12 Å². The molecule has 2 aromatic rings. The molecule has 7 rings (SSSR count). The maximum Gasteiger partial charge on any atom is 0.481 e. The van der Waals surface area contributed by atoms with E-state index in [1.165, 1.54) is 6.42 Å². The third-order valence-electron chi connectivity index (χ3n) is 10.4. The average molecular weight is 586 g/mol. The molecule has 1 unspecified atom stereocenters. The Morgan fingerprint density at radius 2 is 1.72 bits per heavy atom. The molecule has 0 aromatic heterocycles. The second kappa shape index (κ2) is 11.4. The Morgan fingerprint density at radius 3 is 2.40 bits per heavy atom. The Morgan fingerprint density at radius 1 is 1.02 bits per heavy atom. The Hall–Kier alpha value is -3.17. The molecule has 0 spiro atoms. The second-order valence-electron chi connectivity index (χ2n) is 14.2. The molecule has 9 heteroatoms. The average Bonchev–Trinajstić information content (AvgIpc) is 3.57. The van der Waals surface area contributed by atoms with Crippen LogP contribution in [0.25, 0.3) is 0 Å². The van der Waals surface area contributed by atoms with Crippen LogP contribution in [-0.2, 0) is 25.4 Å². The minimum absolute atomic E-state index is 0.0324. The standard InChI is InChI=1S/C34H44BN3O5/c1-22(2)16-29(35-41-28-18-25-17-27(32(25,3)4)33(28,5)42-35)37-31(40)34(19-23-12-8-6-9-13-23)20-26(38-43-34)21-36-30(39)24-14-10-7-11-15-24/h6-15,22,25,27-29H,16-21H2,1-5H3,(H,36,39)(H,37,40)/t25-,27-,28+,29-,33-,34?/m0/s1. The predicted molar refractivity (Wildman–Crippen MR) is 166 cm³/mol. The fourth-order valence-electron chi connectivity index (χ4n) is 7.85. The van der Waals surface area contributed by atoms with Crippen LogP contribution in [0, 0.1) is 23.2 Å². The van der Waals surface area contributed by atoms with E-state index in [0.29, 0.717) is 41.9 Å². The van der Waals surface area contributed by atoms with Crippen LogP contribution in [0.15, 0.2) is 65.8 Å². The van der Waals surface area contributed by atoms with Crippen molar-refractivity contribution in [3.05, 3.63) is 71.8 Å². The fraction of sp³-hybridized carbons (Fsp3) is 0.559. The highest BCUT2D eigenvalue weighted by Gasteiger charge is 2.68. The van der Waals surface area contributed by atoms with Gasteiger partial charge in [-0.05, 0) is 67.1 Å². The lowest BCUT2D eigenvalue weighted by atomic mass is 9.43. The summed E-state index contributed by atoms with van der Waals surface area (Å²) in [5, 5.41) is 10.5. The van der Waals surface area contributed by atoms with Crippen LogP contribution < -0.4 is 10.6 Å². The topological polar surface area (TPSA) is 98.3 Å². The molecule has 228 valence electrons. The van der Waals surface area contributed by atoms with E-state index in [1.807, 2.05) is 48.5 Å². The normalized spacial score (nSPS) is 31.0.